The smallest absolute Gasteiger partial charge is 0.223 e. The van der Waals surface area contributed by atoms with E-state index >= 15 is 0 Å². The van der Waals surface area contributed by atoms with Crippen LogP contribution in [-0.2, 0) is 11.3 Å². The number of hydrogen-bond donors (Lipinski definition) is 0. The van der Waals surface area contributed by atoms with Crippen molar-refractivity contribution in [2.45, 2.75) is 51.1 Å². The van der Waals surface area contributed by atoms with E-state index in [0.717, 1.165) is 38.8 Å². The molecule has 3 rings (SSSR count). The van der Waals surface area contributed by atoms with Crippen LogP contribution in [-0.4, -0.2) is 33.2 Å². The Labute approximate surface area is 120 Å². The Bertz CT molecular complexity index is 466. The van der Waals surface area contributed by atoms with Crippen molar-refractivity contribution in [3.05, 3.63) is 30.6 Å². The van der Waals surface area contributed by atoms with Crippen molar-refractivity contribution < 1.29 is 4.79 Å². The van der Waals surface area contributed by atoms with Crippen LogP contribution in [0.15, 0.2) is 30.6 Å². The number of likely N-dealkylation sites (tertiary alicyclic amines) is 1. The van der Waals surface area contributed by atoms with Crippen LogP contribution in [0.3, 0.4) is 0 Å². The average Bonchev–Trinajstić information content (AvgIpc) is 3.13. The maximum atomic E-state index is 12.6. The van der Waals surface area contributed by atoms with Crippen LogP contribution in [0, 0.1) is 5.92 Å². The molecular formula is C16H23N3O. The van der Waals surface area contributed by atoms with E-state index in [1.165, 1.54) is 6.42 Å². The molecule has 1 fully saturated rings. The van der Waals surface area contributed by atoms with E-state index in [1.807, 2.05) is 16.9 Å². The molecule has 1 aromatic rings. The van der Waals surface area contributed by atoms with E-state index in [4.69, 9.17) is 0 Å². The Hall–Kier alpha value is -1.58. The highest BCUT2D eigenvalue weighted by atomic mass is 16.2. The monoisotopic (exact) mass is 273 g/mol. The summed E-state index contributed by atoms with van der Waals surface area (Å²) in [6.07, 6.45) is 14.6. The fourth-order valence-electron chi connectivity index (χ4n) is 3.35. The van der Waals surface area contributed by atoms with Crippen LogP contribution < -0.4 is 0 Å². The molecular weight excluding hydrogens is 250 g/mol. The zero-order valence-electron chi connectivity index (χ0n) is 11.9. The molecule has 108 valence electrons. The molecule has 20 heavy (non-hydrogen) atoms. The van der Waals surface area contributed by atoms with Gasteiger partial charge in [0.2, 0.25) is 5.91 Å². The lowest BCUT2D eigenvalue weighted by Gasteiger charge is -2.36. The first kappa shape index (κ1) is 13.4. The summed E-state index contributed by atoms with van der Waals surface area (Å²) in [7, 11) is 0. The molecule has 1 saturated heterocycles. The second kappa shape index (κ2) is 6.25. The number of aromatic nitrogens is 2. The molecule has 1 amide bonds. The summed E-state index contributed by atoms with van der Waals surface area (Å²) in [4.78, 5) is 14.7. The van der Waals surface area contributed by atoms with Crippen LogP contribution in [0.5, 0.6) is 0 Å². The van der Waals surface area contributed by atoms with Crippen molar-refractivity contribution in [1.29, 1.82) is 0 Å². The van der Waals surface area contributed by atoms with Crippen molar-refractivity contribution in [3.8, 4) is 0 Å². The number of nitrogens with zero attached hydrogens (tertiary/aromatic N) is 3. The molecule has 1 aromatic heterocycles. The number of amides is 1. The van der Waals surface area contributed by atoms with Gasteiger partial charge in [-0.3, -0.25) is 9.48 Å². The number of allylic oxidation sites excluding steroid dienone is 2. The second-order valence-electron chi connectivity index (χ2n) is 5.93. The number of piperidine rings is 1. The number of carbonyl (C=O) groups excluding carboxylic acids is 1. The first-order valence-electron chi connectivity index (χ1n) is 7.76. The number of rotatable bonds is 4. The lowest BCUT2D eigenvalue weighted by molar-refractivity contribution is -0.136. The van der Waals surface area contributed by atoms with Crippen molar-refractivity contribution in [1.82, 2.24) is 14.7 Å². The fourth-order valence-corrected chi connectivity index (χ4v) is 3.35. The molecule has 0 bridgehead atoms. The largest absolute Gasteiger partial charge is 0.338 e. The highest BCUT2D eigenvalue weighted by Gasteiger charge is 2.28. The maximum absolute atomic E-state index is 12.6. The molecule has 2 atom stereocenters. The summed E-state index contributed by atoms with van der Waals surface area (Å²) in [6.45, 7) is 1.75. The van der Waals surface area contributed by atoms with Gasteiger partial charge in [-0.2, -0.15) is 5.10 Å². The highest BCUT2D eigenvalue weighted by Crippen LogP contribution is 2.25. The van der Waals surface area contributed by atoms with Crippen LogP contribution in [0.4, 0.5) is 0 Å². The van der Waals surface area contributed by atoms with Crippen LogP contribution in [0.2, 0.25) is 0 Å². The second-order valence-corrected chi connectivity index (χ2v) is 5.93. The summed E-state index contributed by atoms with van der Waals surface area (Å²) in [5.41, 5.74) is 0. The van der Waals surface area contributed by atoms with Gasteiger partial charge in [-0.1, -0.05) is 12.2 Å². The number of carbonyl (C=O) groups is 1. The van der Waals surface area contributed by atoms with Gasteiger partial charge < -0.3 is 4.90 Å². The molecule has 2 aliphatic rings. The predicted octanol–water partition coefficient (Wildman–Crippen LogP) is 2.62. The van der Waals surface area contributed by atoms with Gasteiger partial charge in [0.15, 0.2) is 0 Å². The molecule has 0 aromatic carbocycles. The van der Waals surface area contributed by atoms with Crippen molar-refractivity contribution in [2.24, 2.45) is 5.92 Å². The third-order valence-corrected chi connectivity index (χ3v) is 4.45. The van der Waals surface area contributed by atoms with Crippen molar-refractivity contribution in [2.75, 3.05) is 6.54 Å². The topological polar surface area (TPSA) is 38.1 Å². The summed E-state index contributed by atoms with van der Waals surface area (Å²) in [5.74, 6) is 0.799. The van der Waals surface area contributed by atoms with E-state index in [-0.39, 0.29) is 0 Å². The van der Waals surface area contributed by atoms with Gasteiger partial charge >= 0.3 is 0 Å². The predicted molar refractivity (Wildman–Crippen MR) is 78.1 cm³/mol. The third kappa shape index (κ3) is 3.11. The van der Waals surface area contributed by atoms with Gasteiger partial charge in [-0.05, 0) is 44.1 Å². The van der Waals surface area contributed by atoms with E-state index < -0.39 is 0 Å². The van der Waals surface area contributed by atoms with E-state index in [1.54, 1.807) is 6.20 Å². The van der Waals surface area contributed by atoms with Gasteiger partial charge in [-0.25, -0.2) is 0 Å². The molecule has 1 aliphatic carbocycles. The molecule has 0 saturated carbocycles. The Morgan fingerprint density at radius 2 is 2.25 bits per heavy atom. The van der Waals surface area contributed by atoms with E-state index in [0.29, 0.717) is 24.3 Å². The van der Waals surface area contributed by atoms with Gasteiger partial charge in [0.05, 0.1) is 12.6 Å². The Kier molecular flexibility index (Phi) is 4.19. The molecule has 0 radical (unpaired) electrons. The zero-order valence-corrected chi connectivity index (χ0v) is 11.9. The minimum atomic E-state index is 0.321. The Morgan fingerprint density at radius 1 is 1.30 bits per heavy atom. The van der Waals surface area contributed by atoms with Crippen LogP contribution in [0.1, 0.15) is 38.5 Å². The van der Waals surface area contributed by atoms with Gasteiger partial charge in [-0.15, -0.1) is 0 Å². The van der Waals surface area contributed by atoms with E-state index in [2.05, 4.69) is 22.2 Å². The molecule has 2 heterocycles. The summed E-state index contributed by atoms with van der Waals surface area (Å²) >= 11 is 0. The standard InChI is InChI=1S/C16H23N3O/c20-16(12-14-6-1-2-7-14)19-11-4-3-8-15(19)13-18-10-5-9-17-18/h1,5-6,9-10,14-15H,2-4,7-8,11-13H2/t14-,15-/m0/s1. The molecule has 1 aliphatic heterocycles. The summed E-state index contributed by atoms with van der Waals surface area (Å²) in [6, 6.07) is 2.26. The molecule has 4 heteroatoms. The van der Waals surface area contributed by atoms with Crippen LogP contribution in [0.25, 0.3) is 0 Å². The zero-order chi connectivity index (χ0) is 13.8. The van der Waals surface area contributed by atoms with Crippen LogP contribution >= 0.6 is 0 Å². The Balaban J connectivity index is 1.61. The van der Waals surface area contributed by atoms with Crippen molar-refractivity contribution >= 4 is 5.91 Å². The Morgan fingerprint density at radius 3 is 3.00 bits per heavy atom. The van der Waals surface area contributed by atoms with Gasteiger partial charge in [0, 0.05) is 25.4 Å². The normalized spacial score (nSPS) is 26.1. The molecule has 4 nitrogen and oxygen atoms in total. The first-order valence-corrected chi connectivity index (χ1v) is 7.76. The third-order valence-electron chi connectivity index (χ3n) is 4.45. The lowest BCUT2D eigenvalue weighted by Crippen LogP contribution is -2.46. The molecule has 0 unspecified atom stereocenters. The summed E-state index contributed by atoms with van der Waals surface area (Å²) < 4.78 is 1.95. The van der Waals surface area contributed by atoms with Gasteiger partial charge in [0.1, 0.15) is 0 Å². The SMILES string of the molecule is O=C(C[C@H]1C=CCC1)N1CCCC[C@H]1Cn1cccn1. The first-order chi connectivity index (χ1) is 9.83. The van der Waals surface area contributed by atoms with Crippen molar-refractivity contribution in [3.63, 3.8) is 0 Å². The highest BCUT2D eigenvalue weighted by molar-refractivity contribution is 5.77. The van der Waals surface area contributed by atoms with Gasteiger partial charge in [0.25, 0.3) is 0 Å². The summed E-state index contributed by atoms with van der Waals surface area (Å²) in [5, 5.41) is 4.27. The molecule has 0 spiro atoms. The average molecular weight is 273 g/mol. The minimum absolute atomic E-state index is 0.321. The van der Waals surface area contributed by atoms with E-state index in [9.17, 15) is 4.79 Å². The molecule has 0 N–H and O–H groups in total. The maximum Gasteiger partial charge on any atom is 0.223 e. The minimum Gasteiger partial charge on any atom is -0.338 e. The lowest BCUT2D eigenvalue weighted by atomic mass is 9.99. The number of hydrogen-bond acceptors (Lipinski definition) is 2. The quantitative estimate of drug-likeness (QED) is 0.791. The fraction of sp³-hybridized carbons (Fsp3) is 0.625.